The number of phenolic OH excluding ortho intramolecular Hbond substituents is 1. The van der Waals surface area contributed by atoms with Crippen LogP contribution in [0.5, 0.6) is 17.2 Å². The molecular formula is C21H25BrN2O4. The highest BCUT2D eigenvalue weighted by Crippen LogP contribution is 2.32. The Morgan fingerprint density at radius 3 is 2.68 bits per heavy atom. The van der Waals surface area contributed by atoms with Crippen LogP contribution in [0.2, 0.25) is 0 Å². The topological polar surface area (TPSA) is 80.2 Å². The molecule has 0 aliphatic carbocycles. The van der Waals surface area contributed by atoms with Crippen LogP contribution in [0.3, 0.4) is 0 Å². The summed E-state index contributed by atoms with van der Waals surface area (Å²) in [5, 5.41) is 13.6. The monoisotopic (exact) mass is 448 g/mol. The van der Waals surface area contributed by atoms with E-state index in [1.54, 1.807) is 12.1 Å². The number of aryl methyl sites for hydroxylation is 1. The van der Waals surface area contributed by atoms with Gasteiger partial charge in [-0.1, -0.05) is 29.8 Å². The summed E-state index contributed by atoms with van der Waals surface area (Å²) in [4.78, 5) is 12.0. The van der Waals surface area contributed by atoms with Gasteiger partial charge in [0.15, 0.2) is 18.1 Å². The van der Waals surface area contributed by atoms with E-state index in [1.165, 1.54) is 12.3 Å². The summed E-state index contributed by atoms with van der Waals surface area (Å²) in [5.41, 5.74) is 5.19. The zero-order chi connectivity index (χ0) is 20.7. The Hall–Kier alpha value is -2.54. The smallest absolute Gasteiger partial charge is 0.277 e. The first-order valence-electron chi connectivity index (χ1n) is 9.02. The Morgan fingerprint density at radius 2 is 2.00 bits per heavy atom. The van der Waals surface area contributed by atoms with E-state index in [1.807, 2.05) is 26.0 Å². The average molecular weight is 449 g/mol. The fourth-order valence-corrected chi connectivity index (χ4v) is 2.84. The Bertz CT molecular complexity index is 866. The predicted molar refractivity (Wildman–Crippen MR) is 113 cm³/mol. The summed E-state index contributed by atoms with van der Waals surface area (Å²) < 4.78 is 12.0. The van der Waals surface area contributed by atoms with Gasteiger partial charge in [-0.2, -0.15) is 5.10 Å². The summed E-state index contributed by atoms with van der Waals surface area (Å²) in [6.45, 7) is 8.25. The standard InChI is InChI=1S/C21H25BrN2O4/c1-5-27-20-9-15(6-7-18(20)25)11-23-24-21(26)12-28-19-8-14(4)17(22)10-16(19)13(2)3/h6-11,13,25H,5,12H2,1-4H3,(H,24,26)/b23-11+. The van der Waals surface area contributed by atoms with Crippen LogP contribution in [0.4, 0.5) is 0 Å². The molecule has 2 aromatic carbocycles. The molecule has 0 saturated carbocycles. The van der Waals surface area contributed by atoms with E-state index in [4.69, 9.17) is 9.47 Å². The van der Waals surface area contributed by atoms with E-state index in [0.29, 0.717) is 23.7 Å². The molecule has 0 spiro atoms. The Morgan fingerprint density at radius 1 is 1.25 bits per heavy atom. The number of ether oxygens (including phenoxy) is 2. The molecule has 7 heteroatoms. The third kappa shape index (κ3) is 5.99. The zero-order valence-electron chi connectivity index (χ0n) is 16.5. The molecule has 0 fully saturated rings. The van der Waals surface area contributed by atoms with E-state index >= 15 is 0 Å². The number of hydrazone groups is 1. The van der Waals surface area contributed by atoms with Gasteiger partial charge in [-0.25, -0.2) is 5.43 Å². The van der Waals surface area contributed by atoms with Crippen molar-refractivity contribution in [3.8, 4) is 17.2 Å². The lowest BCUT2D eigenvalue weighted by atomic mass is 10.0. The van der Waals surface area contributed by atoms with Gasteiger partial charge in [0, 0.05) is 4.47 Å². The minimum absolute atomic E-state index is 0.0576. The largest absolute Gasteiger partial charge is 0.504 e. The van der Waals surface area contributed by atoms with E-state index in [9.17, 15) is 9.90 Å². The van der Waals surface area contributed by atoms with E-state index in [-0.39, 0.29) is 24.2 Å². The van der Waals surface area contributed by atoms with Crippen LogP contribution in [0, 0.1) is 6.92 Å². The van der Waals surface area contributed by atoms with Gasteiger partial charge in [-0.15, -0.1) is 0 Å². The highest BCUT2D eigenvalue weighted by atomic mass is 79.9. The molecule has 0 aromatic heterocycles. The van der Waals surface area contributed by atoms with Gasteiger partial charge in [0.2, 0.25) is 0 Å². The van der Waals surface area contributed by atoms with Gasteiger partial charge in [-0.05, 0) is 66.8 Å². The minimum atomic E-state index is -0.365. The normalized spacial score (nSPS) is 11.1. The number of carbonyl (C=O) groups excluding carboxylic acids is 1. The molecule has 6 nitrogen and oxygen atoms in total. The van der Waals surface area contributed by atoms with Gasteiger partial charge in [0.05, 0.1) is 12.8 Å². The summed E-state index contributed by atoms with van der Waals surface area (Å²) in [7, 11) is 0. The third-order valence-corrected chi connectivity index (χ3v) is 4.81. The lowest BCUT2D eigenvalue weighted by Crippen LogP contribution is -2.25. The number of aromatic hydroxyl groups is 1. The Kier molecular flexibility index (Phi) is 7.87. The van der Waals surface area contributed by atoms with Crippen LogP contribution >= 0.6 is 15.9 Å². The number of hydrogen-bond donors (Lipinski definition) is 2. The third-order valence-electron chi connectivity index (χ3n) is 3.96. The lowest BCUT2D eigenvalue weighted by Gasteiger charge is -2.15. The molecule has 0 bridgehead atoms. The Labute approximate surface area is 173 Å². The average Bonchev–Trinajstić information content (AvgIpc) is 2.65. The molecule has 0 aliphatic rings. The quantitative estimate of drug-likeness (QED) is 0.459. The molecule has 2 N–H and O–H groups in total. The molecule has 150 valence electrons. The fraction of sp³-hybridized carbons (Fsp3) is 0.333. The Balaban J connectivity index is 1.96. The highest BCUT2D eigenvalue weighted by Gasteiger charge is 2.12. The molecule has 0 unspecified atom stereocenters. The van der Waals surface area contributed by atoms with E-state index < -0.39 is 0 Å². The number of nitrogens with zero attached hydrogens (tertiary/aromatic N) is 1. The summed E-state index contributed by atoms with van der Waals surface area (Å²) in [5.74, 6) is 1.02. The number of carbonyl (C=O) groups is 1. The molecule has 0 radical (unpaired) electrons. The second-order valence-corrected chi connectivity index (χ2v) is 7.39. The maximum Gasteiger partial charge on any atom is 0.277 e. The zero-order valence-corrected chi connectivity index (χ0v) is 18.0. The van der Waals surface area contributed by atoms with Crippen molar-refractivity contribution in [2.24, 2.45) is 5.10 Å². The summed E-state index contributed by atoms with van der Waals surface area (Å²) in [6, 6.07) is 8.77. The molecule has 0 aliphatic heterocycles. The lowest BCUT2D eigenvalue weighted by molar-refractivity contribution is -0.123. The second-order valence-electron chi connectivity index (χ2n) is 6.54. The number of rotatable bonds is 8. The maximum atomic E-state index is 12.0. The van der Waals surface area contributed by atoms with E-state index in [0.717, 1.165) is 15.6 Å². The molecule has 2 aromatic rings. The SMILES string of the molecule is CCOc1cc(/C=N/NC(=O)COc2cc(C)c(Br)cc2C(C)C)ccc1O. The minimum Gasteiger partial charge on any atom is -0.504 e. The first-order chi connectivity index (χ1) is 13.3. The molecule has 2 rings (SSSR count). The van der Waals surface area contributed by atoms with Gasteiger partial charge in [0.1, 0.15) is 5.75 Å². The van der Waals surface area contributed by atoms with Gasteiger partial charge in [-0.3, -0.25) is 4.79 Å². The number of phenols is 1. The first kappa shape index (κ1) is 21.8. The van der Waals surface area contributed by atoms with Crippen molar-refractivity contribution in [1.29, 1.82) is 0 Å². The maximum absolute atomic E-state index is 12.0. The number of amides is 1. The van der Waals surface area contributed by atoms with Crippen molar-refractivity contribution in [3.05, 3.63) is 51.5 Å². The van der Waals surface area contributed by atoms with Crippen molar-refractivity contribution in [1.82, 2.24) is 5.43 Å². The van der Waals surface area contributed by atoms with Gasteiger partial charge < -0.3 is 14.6 Å². The van der Waals surface area contributed by atoms with E-state index in [2.05, 4.69) is 40.3 Å². The van der Waals surface area contributed by atoms with Crippen LogP contribution < -0.4 is 14.9 Å². The molecule has 1 amide bonds. The fourth-order valence-electron chi connectivity index (χ4n) is 2.48. The first-order valence-corrected chi connectivity index (χ1v) is 9.81. The van der Waals surface area contributed by atoms with Crippen LogP contribution in [0.25, 0.3) is 0 Å². The van der Waals surface area contributed by atoms with Crippen LogP contribution in [0.15, 0.2) is 39.9 Å². The highest BCUT2D eigenvalue weighted by molar-refractivity contribution is 9.10. The molecular weight excluding hydrogens is 424 g/mol. The number of benzene rings is 2. The predicted octanol–water partition coefficient (Wildman–Crippen LogP) is 4.51. The van der Waals surface area contributed by atoms with Crippen molar-refractivity contribution in [2.45, 2.75) is 33.6 Å². The van der Waals surface area contributed by atoms with Gasteiger partial charge >= 0.3 is 0 Å². The van der Waals surface area contributed by atoms with Gasteiger partial charge in [0.25, 0.3) is 5.91 Å². The number of hydrogen-bond acceptors (Lipinski definition) is 5. The van der Waals surface area contributed by atoms with Crippen LogP contribution in [0.1, 0.15) is 43.4 Å². The van der Waals surface area contributed by atoms with Crippen molar-refractivity contribution in [3.63, 3.8) is 0 Å². The number of halogens is 1. The summed E-state index contributed by atoms with van der Waals surface area (Å²) >= 11 is 3.53. The van der Waals surface area contributed by atoms with Crippen LogP contribution in [-0.4, -0.2) is 30.4 Å². The molecule has 0 saturated heterocycles. The second kappa shape index (κ2) is 10.1. The van der Waals surface area contributed by atoms with Crippen molar-refractivity contribution >= 4 is 28.1 Å². The molecule has 28 heavy (non-hydrogen) atoms. The number of nitrogens with one attached hydrogen (secondary N) is 1. The van der Waals surface area contributed by atoms with Crippen LogP contribution in [-0.2, 0) is 4.79 Å². The summed E-state index contributed by atoms with van der Waals surface area (Å²) in [6.07, 6.45) is 1.48. The van der Waals surface area contributed by atoms with Crippen molar-refractivity contribution < 1.29 is 19.4 Å². The molecule has 0 heterocycles. The molecule has 0 atom stereocenters. The van der Waals surface area contributed by atoms with Crippen molar-refractivity contribution in [2.75, 3.05) is 13.2 Å².